The predicted octanol–water partition coefficient (Wildman–Crippen LogP) is 2.53. The SMILES string of the molecule is COc1ccccc1CNC(=O)[C@@H](OC[C@H]1CCCO1)C(C)C. The minimum absolute atomic E-state index is 0.0936. The van der Waals surface area contributed by atoms with E-state index in [1.165, 1.54) is 0 Å². The number of hydrogen-bond donors (Lipinski definition) is 1. The highest BCUT2D eigenvalue weighted by Gasteiger charge is 2.25. The lowest BCUT2D eigenvalue weighted by Gasteiger charge is -2.22. The molecule has 0 saturated carbocycles. The molecule has 1 aliphatic heterocycles. The summed E-state index contributed by atoms with van der Waals surface area (Å²) in [5, 5.41) is 2.95. The lowest BCUT2D eigenvalue weighted by atomic mass is 10.1. The molecule has 2 atom stereocenters. The number of amides is 1. The molecule has 1 N–H and O–H groups in total. The molecule has 5 nitrogen and oxygen atoms in total. The van der Waals surface area contributed by atoms with Crippen molar-refractivity contribution in [2.24, 2.45) is 5.92 Å². The standard InChI is InChI=1S/C18H27NO4/c1-13(2)17(23-12-15-8-6-10-22-15)18(20)19-11-14-7-4-5-9-16(14)21-3/h4-5,7,9,13,15,17H,6,8,10-12H2,1-3H3,(H,19,20)/t15-,17+/m1/s1. The van der Waals surface area contributed by atoms with Crippen LogP contribution in [0.1, 0.15) is 32.3 Å². The highest BCUT2D eigenvalue weighted by atomic mass is 16.5. The van der Waals surface area contributed by atoms with Crippen molar-refractivity contribution in [1.82, 2.24) is 5.32 Å². The van der Waals surface area contributed by atoms with Gasteiger partial charge in [-0.15, -0.1) is 0 Å². The van der Waals surface area contributed by atoms with Crippen LogP contribution in [0.4, 0.5) is 0 Å². The first kappa shape index (κ1) is 17.8. The molecule has 0 spiro atoms. The average molecular weight is 321 g/mol. The van der Waals surface area contributed by atoms with Gasteiger partial charge in [0.1, 0.15) is 11.9 Å². The Morgan fingerprint density at radius 3 is 2.83 bits per heavy atom. The molecule has 128 valence electrons. The molecule has 1 aromatic carbocycles. The van der Waals surface area contributed by atoms with Crippen LogP contribution in [-0.4, -0.2) is 38.4 Å². The smallest absolute Gasteiger partial charge is 0.249 e. The molecular formula is C18H27NO4. The molecule has 1 aromatic rings. The molecule has 1 amide bonds. The van der Waals surface area contributed by atoms with Crippen LogP contribution in [0.15, 0.2) is 24.3 Å². The molecule has 23 heavy (non-hydrogen) atoms. The number of ether oxygens (including phenoxy) is 3. The fraction of sp³-hybridized carbons (Fsp3) is 0.611. The number of rotatable bonds is 8. The van der Waals surface area contributed by atoms with Gasteiger partial charge in [0.15, 0.2) is 0 Å². The van der Waals surface area contributed by atoms with Crippen molar-refractivity contribution >= 4 is 5.91 Å². The number of carbonyl (C=O) groups is 1. The molecule has 1 saturated heterocycles. The fourth-order valence-corrected chi connectivity index (χ4v) is 2.69. The van der Waals surface area contributed by atoms with E-state index in [1.54, 1.807) is 7.11 Å². The summed E-state index contributed by atoms with van der Waals surface area (Å²) in [6.45, 7) is 5.67. The summed E-state index contributed by atoms with van der Waals surface area (Å²) in [6.07, 6.45) is 1.74. The minimum Gasteiger partial charge on any atom is -0.496 e. The second-order valence-electron chi connectivity index (χ2n) is 6.16. The van der Waals surface area contributed by atoms with E-state index in [4.69, 9.17) is 14.2 Å². The monoisotopic (exact) mass is 321 g/mol. The zero-order valence-electron chi connectivity index (χ0n) is 14.2. The quantitative estimate of drug-likeness (QED) is 0.799. The number of para-hydroxylation sites is 1. The van der Waals surface area contributed by atoms with Crippen molar-refractivity contribution in [2.45, 2.75) is 45.4 Å². The third-order valence-electron chi connectivity index (χ3n) is 4.00. The molecule has 1 aliphatic rings. The maximum Gasteiger partial charge on any atom is 0.249 e. The third kappa shape index (κ3) is 5.22. The van der Waals surface area contributed by atoms with Gasteiger partial charge in [-0.3, -0.25) is 4.79 Å². The lowest BCUT2D eigenvalue weighted by Crippen LogP contribution is -2.40. The van der Waals surface area contributed by atoms with E-state index in [-0.39, 0.29) is 17.9 Å². The van der Waals surface area contributed by atoms with Gasteiger partial charge < -0.3 is 19.5 Å². The summed E-state index contributed by atoms with van der Waals surface area (Å²) in [7, 11) is 1.63. The minimum atomic E-state index is -0.464. The molecule has 5 heteroatoms. The second-order valence-corrected chi connectivity index (χ2v) is 6.16. The van der Waals surface area contributed by atoms with Crippen LogP contribution in [0.3, 0.4) is 0 Å². The topological polar surface area (TPSA) is 56.8 Å². The van der Waals surface area contributed by atoms with Crippen LogP contribution >= 0.6 is 0 Å². The highest BCUT2D eigenvalue weighted by Crippen LogP contribution is 2.18. The first-order chi connectivity index (χ1) is 11.1. The largest absolute Gasteiger partial charge is 0.496 e. The van der Waals surface area contributed by atoms with E-state index in [0.717, 1.165) is 30.8 Å². The van der Waals surface area contributed by atoms with Crippen LogP contribution in [0.5, 0.6) is 5.75 Å². The molecule has 1 fully saturated rings. The zero-order chi connectivity index (χ0) is 16.7. The van der Waals surface area contributed by atoms with E-state index in [0.29, 0.717) is 13.2 Å². The summed E-state index contributed by atoms with van der Waals surface area (Å²) in [6, 6.07) is 7.66. The van der Waals surface area contributed by atoms with Crippen LogP contribution in [0.2, 0.25) is 0 Å². The zero-order valence-corrected chi connectivity index (χ0v) is 14.2. The maximum atomic E-state index is 12.4. The van der Waals surface area contributed by atoms with Gasteiger partial charge in [0.05, 0.1) is 19.8 Å². The van der Waals surface area contributed by atoms with Gasteiger partial charge >= 0.3 is 0 Å². The Morgan fingerprint density at radius 1 is 1.39 bits per heavy atom. The van der Waals surface area contributed by atoms with Gasteiger partial charge in [0, 0.05) is 18.7 Å². The normalized spacial score (nSPS) is 18.9. The van der Waals surface area contributed by atoms with Crippen molar-refractivity contribution < 1.29 is 19.0 Å². The van der Waals surface area contributed by atoms with Crippen molar-refractivity contribution in [3.63, 3.8) is 0 Å². The first-order valence-corrected chi connectivity index (χ1v) is 8.24. The Kier molecular flexibility index (Phi) is 6.86. The van der Waals surface area contributed by atoms with E-state index in [1.807, 2.05) is 38.1 Å². The first-order valence-electron chi connectivity index (χ1n) is 8.24. The Morgan fingerprint density at radius 2 is 2.17 bits per heavy atom. The molecule has 1 heterocycles. The summed E-state index contributed by atoms with van der Waals surface area (Å²) in [5.41, 5.74) is 0.949. The summed E-state index contributed by atoms with van der Waals surface area (Å²) >= 11 is 0. The van der Waals surface area contributed by atoms with Gasteiger partial charge in [0.25, 0.3) is 0 Å². The van der Waals surface area contributed by atoms with Crippen molar-refractivity contribution in [1.29, 1.82) is 0 Å². The van der Waals surface area contributed by atoms with E-state index in [2.05, 4.69) is 5.32 Å². The molecule has 2 rings (SSSR count). The molecule has 0 aromatic heterocycles. The number of methoxy groups -OCH3 is 1. The number of nitrogens with one attached hydrogen (secondary N) is 1. The lowest BCUT2D eigenvalue weighted by molar-refractivity contribution is -0.138. The van der Waals surface area contributed by atoms with Crippen LogP contribution in [0, 0.1) is 5.92 Å². The predicted molar refractivity (Wildman–Crippen MR) is 88.4 cm³/mol. The molecule has 0 unspecified atom stereocenters. The number of carbonyl (C=O) groups excluding carboxylic acids is 1. The van der Waals surface area contributed by atoms with Crippen molar-refractivity contribution in [3.8, 4) is 5.75 Å². The average Bonchev–Trinajstić information content (AvgIpc) is 3.06. The van der Waals surface area contributed by atoms with Crippen molar-refractivity contribution in [3.05, 3.63) is 29.8 Å². The Labute approximate surface area is 138 Å². The number of benzene rings is 1. The van der Waals surface area contributed by atoms with Crippen LogP contribution in [0.25, 0.3) is 0 Å². The Hall–Kier alpha value is -1.59. The van der Waals surface area contributed by atoms with Crippen molar-refractivity contribution in [2.75, 3.05) is 20.3 Å². The molecular weight excluding hydrogens is 294 g/mol. The highest BCUT2D eigenvalue weighted by molar-refractivity contribution is 5.81. The van der Waals surface area contributed by atoms with Gasteiger partial charge in [-0.1, -0.05) is 32.0 Å². The molecule has 0 aliphatic carbocycles. The summed E-state index contributed by atoms with van der Waals surface area (Å²) in [4.78, 5) is 12.4. The summed E-state index contributed by atoms with van der Waals surface area (Å²) in [5.74, 6) is 0.784. The molecule has 0 bridgehead atoms. The molecule has 0 radical (unpaired) electrons. The third-order valence-corrected chi connectivity index (χ3v) is 4.00. The second kappa shape index (κ2) is 8.89. The van der Waals surface area contributed by atoms with E-state index >= 15 is 0 Å². The van der Waals surface area contributed by atoms with Crippen LogP contribution in [-0.2, 0) is 20.8 Å². The summed E-state index contributed by atoms with van der Waals surface area (Å²) < 4.78 is 16.7. The van der Waals surface area contributed by atoms with E-state index < -0.39 is 6.10 Å². The Balaban J connectivity index is 1.87. The van der Waals surface area contributed by atoms with Crippen LogP contribution < -0.4 is 10.1 Å². The maximum absolute atomic E-state index is 12.4. The Bertz CT molecular complexity index is 498. The van der Waals surface area contributed by atoms with Gasteiger partial charge in [-0.05, 0) is 24.8 Å². The van der Waals surface area contributed by atoms with Gasteiger partial charge in [0.2, 0.25) is 5.91 Å². The van der Waals surface area contributed by atoms with E-state index in [9.17, 15) is 4.79 Å². The number of hydrogen-bond acceptors (Lipinski definition) is 4. The van der Waals surface area contributed by atoms with Gasteiger partial charge in [-0.2, -0.15) is 0 Å². The fourth-order valence-electron chi connectivity index (χ4n) is 2.69. The van der Waals surface area contributed by atoms with Gasteiger partial charge in [-0.25, -0.2) is 0 Å².